The van der Waals surface area contributed by atoms with E-state index in [-0.39, 0.29) is 6.04 Å². The minimum absolute atomic E-state index is 0.220. The first kappa shape index (κ1) is 14.5. The molecule has 0 aromatic carbocycles. The molecule has 2 N–H and O–H groups in total. The first-order valence-electron chi connectivity index (χ1n) is 7.16. The summed E-state index contributed by atoms with van der Waals surface area (Å²) in [6, 6.07) is 0.220. The largest absolute Gasteiger partial charge is 0.343 e. The average molecular weight is 240 g/mol. The fourth-order valence-corrected chi connectivity index (χ4v) is 2.61. The van der Waals surface area contributed by atoms with E-state index in [1.807, 2.05) is 11.8 Å². The molecular formula is C14H28N2O. The fraction of sp³-hybridized carbons (Fsp3) is 0.929. The zero-order chi connectivity index (χ0) is 12.7. The zero-order valence-corrected chi connectivity index (χ0v) is 11.5. The maximum Gasteiger partial charge on any atom is 0.222 e. The van der Waals surface area contributed by atoms with Gasteiger partial charge in [-0.15, -0.1) is 0 Å². The lowest BCUT2D eigenvalue weighted by Gasteiger charge is -2.32. The monoisotopic (exact) mass is 240 g/mol. The summed E-state index contributed by atoms with van der Waals surface area (Å²) in [6.45, 7) is 6.19. The summed E-state index contributed by atoms with van der Waals surface area (Å²) < 4.78 is 0. The molecule has 0 saturated carbocycles. The molecule has 100 valence electrons. The van der Waals surface area contributed by atoms with E-state index in [2.05, 4.69) is 6.92 Å². The molecule has 1 unspecified atom stereocenters. The average Bonchev–Trinajstić information content (AvgIpc) is 2.30. The molecule has 17 heavy (non-hydrogen) atoms. The maximum absolute atomic E-state index is 11.9. The summed E-state index contributed by atoms with van der Waals surface area (Å²) in [6.07, 6.45) is 7.57. The number of hydrogen-bond donors (Lipinski definition) is 1. The van der Waals surface area contributed by atoms with Crippen LogP contribution in [0.2, 0.25) is 0 Å². The van der Waals surface area contributed by atoms with E-state index < -0.39 is 0 Å². The summed E-state index contributed by atoms with van der Waals surface area (Å²) in [5.74, 6) is 1.19. The zero-order valence-electron chi connectivity index (χ0n) is 11.5. The van der Waals surface area contributed by atoms with Gasteiger partial charge in [0.1, 0.15) is 0 Å². The lowest BCUT2D eigenvalue weighted by atomic mass is 9.92. The first-order chi connectivity index (χ1) is 8.13. The third-order valence-electron chi connectivity index (χ3n) is 3.71. The van der Waals surface area contributed by atoms with E-state index in [4.69, 9.17) is 5.73 Å². The number of likely N-dealkylation sites (tertiary alicyclic amines) is 1. The van der Waals surface area contributed by atoms with Gasteiger partial charge in [0.05, 0.1) is 0 Å². The Hall–Kier alpha value is -0.570. The Kier molecular flexibility index (Phi) is 6.56. The van der Waals surface area contributed by atoms with Gasteiger partial charge in [-0.2, -0.15) is 0 Å². The molecule has 0 aromatic rings. The molecule has 1 heterocycles. The van der Waals surface area contributed by atoms with Crippen LogP contribution in [-0.4, -0.2) is 29.9 Å². The Morgan fingerprint density at radius 3 is 2.59 bits per heavy atom. The van der Waals surface area contributed by atoms with Crippen LogP contribution in [0.4, 0.5) is 0 Å². The summed E-state index contributed by atoms with van der Waals surface area (Å²) in [4.78, 5) is 14.0. The molecule has 0 aromatic heterocycles. The molecule has 1 saturated heterocycles. The van der Waals surface area contributed by atoms with Crippen molar-refractivity contribution in [3.05, 3.63) is 0 Å². The predicted octanol–water partition coefficient (Wildman–Crippen LogP) is 2.54. The molecule has 0 aliphatic carbocycles. The van der Waals surface area contributed by atoms with Gasteiger partial charge in [0.15, 0.2) is 0 Å². The maximum atomic E-state index is 11.9. The fourth-order valence-electron chi connectivity index (χ4n) is 2.61. The van der Waals surface area contributed by atoms with Crippen LogP contribution in [0.1, 0.15) is 58.8 Å². The van der Waals surface area contributed by atoms with Crippen molar-refractivity contribution in [3.8, 4) is 0 Å². The molecule has 0 bridgehead atoms. The van der Waals surface area contributed by atoms with Crippen LogP contribution >= 0.6 is 0 Å². The van der Waals surface area contributed by atoms with Gasteiger partial charge in [0, 0.05) is 25.6 Å². The van der Waals surface area contributed by atoms with Crippen LogP contribution in [0.3, 0.4) is 0 Å². The van der Waals surface area contributed by atoms with Gasteiger partial charge in [0.25, 0.3) is 0 Å². The van der Waals surface area contributed by atoms with Crippen molar-refractivity contribution < 1.29 is 4.79 Å². The third kappa shape index (κ3) is 5.53. The van der Waals surface area contributed by atoms with Gasteiger partial charge in [-0.3, -0.25) is 4.79 Å². The Balaban J connectivity index is 2.17. The first-order valence-corrected chi connectivity index (χ1v) is 7.16. The molecule has 1 rings (SSSR count). The molecule has 0 spiro atoms. The highest BCUT2D eigenvalue weighted by Gasteiger charge is 2.21. The van der Waals surface area contributed by atoms with Gasteiger partial charge in [-0.05, 0) is 38.5 Å². The predicted molar refractivity (Wildman–Crippen MR) is 71.7 cm³/mol. The van der Waals surface area contributed by atoms with E-state index in [9.17, 15) is 4.79 Å². The van der Waals surface area contributed by atoms with Crippen molar-refractivity contribution in [1.29, 1.82) is 0 Å². The molecule has 1 aliphatic heterocycles. The number of hydrogen-bond acceptors (Lipinski definition) is 2. The van der Waals surface area contributed by atoms with Crippen LogP contribution < -0.4 is 5.73 Å². The Bertz CT molecular complexity index is 220. The number of amides is 1. The minimum Gasteiger partial charge on any atom is -0.343 e. The van der Waals surface area contributed by atoms with Crippen LogP contribution in [0, 0.1) is 5.92 Å². The van der Waals surface area contributed by atoms with Crippen molar-refractivity contribution in [2.75, 3.05) is 13.1 Å². The van der Waals surface area contributed by atoms with Gasteiger partial charge in [-0.1, -0.05) is 19.8 Å². The molecule has 1 atom stereocenters. The number of piperidine rings is 1. The van der Waals surface area contributed by atoms with Crippen LogP contribution in [0.5, 0.6) is 0 Å². The Labute approximate surface area is 106 Å². The second-order valence-corrected chi connectivity index (χ2v) is 5.48. The summed E-state index contributed by atoms with van der Waals surface area (Å²) in [5, 5.41) is 0. The normalized spacial score (nSPS) is 19.4. The SMILES string of the molecule is CCCC1CCN(C(=O)CCCC(C)N)CC1. The lowest BCUT2D eigenvalue weighted by Crippen LogP contribution is -2.38. The third-order valence-corrected chi connectivity index (χ3v) is 3.71. The number of nitrogens with two attached hydrogens (primary N) is 1. The molecule has 0 radical (unpaired) electrons. The number of rotatable bonds is 6. The summed E-state index contributed by atoms with van der Waals surface area (Å²) in [7, 11) is 0. The van der Waals surface area contributed by atoms with E-state index in [0.29, 0.717) is 12.3 Å². The van der Waals surface area contributed by atoms with Crippen molar-refractivity contribution in [2.24, 2.45) is 11.7 Å². The second kappa shape index (κ2) is 7.70. The highest BCUT2D eigenvalue weighted by molar-refractivity contribution is 5.76. The van der Waals surface area contributed by atoms with E-state index >= 15 is 0 Å². The minimum atomic E-state index is 0.220. The van der Waals surface area contributed by atoms with Gasteiger partial charge >= 0.3 is 0 Å². The van der Waals surface area contributed by atoms with Crippen molar-refractivity contribution in [1.82, 2.24) is 4.90 Å². The van der Waals surface area contributed by atoms with Crippen LogP contribution in [0.15, 0.2) is 0 Å². The highest BCUT2D eigenvalue weighted by atomic mass is 16.2. The topological polar surface area (TPSA) is 46.3 Å². The summed E-state index contributed by atoms with van der Waals surface area (Å²) >= 11 is 0. The molecular weight excluding hydrogens is 212 g/mol. The Morgan fingerprint density at radius 2 is 2.06 bits per heavy atom. The van der Waals surface area contributed by atoms with E-state index in [1.165, 1.54) is 25.7 Å². The number of carbonyl (C=O) groups is 1. The van der Waals surface area contributed by atoms with E-state index in [0.717, 1.165) is 31.8 Å². The van der Waals surface area contributed by atoms with Crippen LogP contribution in [0.25, 0.3) is 0 Å². The number of nitrogens with zero attached hydrogens (tertiary/aromatic N) is 1. The Morgan fingerprint density at radius 1 is 1.41 bits per heavy atom. The molecule has 1 fully saturated rings. The number of carbonyl (C=O) groups excluding carboxylic acids is 1. The molecule has 3 heteroatoms. The second-order valence-electron chi connectivity index (χ2n) is 5.48. The van der Waals surface area contributed by atoms with Crippen molar-refractivity contribution in [3.63, 3.8) is 0 Å². The van der Waals surface area contributed by atoms with Crippen molar-refractivity contribution in [2.45, 2.75) is 64.8 Å². The van der Waals surface area contributed by atoms with Gasteiger partial charge < -0.3 is 10.6 Å². The smallest absolute Gasteiger partial charge is 0.222 e. The standard InChI is InChI=1S/C14H28N2O/c1-3-5-13-8-10-16(11-9-13)14(17)7-4-6-12(2)15/h12-13H,3-11,15H2,1-2H3. The molecule has 1 aliphatic rings. The molecule has 1 amide bonds. The highest BCUT2D eigenvalue weighted by Crippen LogP contribution is 2.22. The van der Waals surface area contributed by atoms with Crippen molar-refractivity contribution >= 4 is 5.91 Å². The molecule has 3 nitrogen and oxygen atoms in total. The quantitative estimate of drug-likeness (QED) is 0.775. The summed E-state index contributed by atoms with van der Waals surface area (Å²) in [5.41, 5.74) is 5.68. The van der Waals surface area contributed by atoms with Gasteiger partial charge in [0.2, 0.25) is 5.91 Å². The lowest BCUT2D eigenvalue weighted by molar-refractivity contribution is -0.132. The van der Waals surface area contributed by atoms with E-state index in [1.54, 1.807) is 0 Å². The van der Waals surface area contributed by atoms with Crippen LogP contribution in [-0.2, 0) is 4.79 Å². The van der Waals surface area contributed by atoms with Gasteiger partial charge in [-0.25, -0.2) is 0 Å².